The lowest BCUT2D eigenvalue weighted by Gasteiger charge is -2.39. The van der Waals surface area contributed by atoms with Crippen molar-refractivity contribution in [3.8, 4) is 0 Å². The second-order valence-corrected chi connectivity index (χ2v) is 5.60. The Hall–Kier alpha value is -0.120. The first-order valence-corrected chi connectivity index (χ1v) is 5.40. The molecule has 14 heavy (non-hydrogen) atoms. The molecular weight excluding hydrogens is 178 g/mol. The van der Waals surface area contributed by atoms with Crippen LogP contribution in [0.2, 0.25) is 0 Å². The van der Waals surface area contributed by atoms with Crippen molar-refractivity contribution in [1.29, 1.82) is 0 Å². The predicted molar refractivity (Wildman–Crippen MR) is 57.2 cm³/mol. The van der Waals surface area contributed by atoms with Gasteiger partial charge >= 0.3 is 0 Å². The third-order valence-corrected chi connectivity index (χ3v) is 3.01. The minimum absolute atomic E-state index is 0.0246. The van der Waals surface area contributed by atoms with E-state index in [2.05, 4.69) is 18.7 Å². The minimum atomic E-state index is -0.472. The summed E-state index contributed by atoms with van der Waals surface area (Å²) in [7, 11) is 0. The van der Waals surface area contributed by atoms with E-state index in [4.69, 9.17) is 5.11 Å². The van der Waals surface area contributed by atoms with Gasteiger partial charge in [-0.25, -0.2) is 0 Å². The van der Waals surface area contributed by atoms with Gasteiger partial charge in [0.15, 0.2) is 0 Å². The fourth-order valence-electron chi connectivity index (χ4n) is 1.85. The summed E-state index contributed by atoms with van der Waals surface area (Å²) in [6, 6.07) is 0. The van der Waals surface area contributed by atoms with Crippen LogP contribution < -0.4 is 0 Å². The van der Waals surface area contributed by atoms with Crippen LogP contribution in [0.25, 0.3) is 0 Å². The molecule has 3 heteroatoms. The van der Waals surface area contributed by atoms with Crippen molar-refractivity contribution in [1.82, 2.24) is 4.90 Å². The van der Waals surface area contributed by atoms with E-state index >= 15 is 0 Å². The van der Waals surface area contributed by atoms with E-state index in [0.717, 1.165) is 32.5 Å². The molecule has 1 fully saturated rings. The van der Waals surface area contributed by atoms with Gasteiger partial charge in [-0.1, -0.05) is 13.8 Å². The Morgan fingerprint density at radius 3 is 2.21 bits per heavy atom. The molecule has 0 unspecified atom stereocenters. The summed E-state index contributed by atoms with van der Waals surface area (Å²) in [5.74, 6) is 0. The molecule has 1 heterocycles. The topological polar surface area (TPSA) is 43.7 Å². The van der Waals surface area contributed by atoms with Gasteiger partial charge in [0, 0.05) is 31.7 Å². The first-order valence-electron chi connectivity index (χ1n) is 5.40. The van der Waals surface area contributed by atoms with Crippen molar-refractivity contribution in [2.45, 2.75) is 39.2 Å². The van der Waals surface area contributed by atoms with E-state index in [9.17, 15) is 5.11 Å². The average Bonchev–Trinajstić information content (AvgIpc) is 2.09. The summed E-state index contributed by atoms with van der Waals surface area (Å²) >= 11 is 0. The highest BCUT2D eigenvalue weighted by Crippen LogP contribution is 2.24. The van der Waals surface area contributed by atoms with Crippen LogP contribution >= 0.6 is 0 Å². The van der Waals surface area contributed by atoms with Crippen LogP contribution in [0.4, 0.5) is 0 Å². The van der Waals surface area contributed by atoms with E-state index in [-0.39, 0.29) is 12.0 Å². The fraction of sp³-hybridized carbons (Fsp3) is 1.00. The van der Waals surface area contributed by atoms with Crippen LogP contribution in [-0.4, -0.2) is 47.0 Å². The molecule has 0 aromatic rings. The van der Waals surface area contributed by atoms with Gasteiger partial charge in [0.05, 0.1) is 5.60 Å². The summed E-state index contributed by atoms with van der Waals surface area (Å²) in [5, 5.41) is 18.9. The maximum atomic E-state index is 9.77. The zero-order valence-electron chi connectivity index (χ0n) is 9.58. The van der Waals surface area contributed by atoms with E-state index in [1.807, 2.05) is 6.92 Å². The Labute approximate surface area is 86.7 Å². The number of piperidine rings is 1. The maximum absolute atomic E-state index is 9.77. The summed E-state index contributed by atoms with van der Waals surface area (Å²) in [6.45, 7) is 9.06. The molecule has 1 saturated heterocycles. The molecule has 0 aromatic carbocycles. The number of aliphatic hydroxyl groups is 2. The number of hydrogen-bond donors (Lipinski definition) is 2. The number of aliphatic hydroxyl groups excluding tert-OH is 1. The Bertz CT molecular complexity index is 180. The molecular formula is C11H23NO2. The van der Waals surface area contributed by atoms with Gasteiger partial charge in [0.2, 0.25) is 0 Å². The van der Waals surface area contributed by atoms with Gasteiger partial charge in [-0.15, -0.1) is 0 Å². The molecule has 0 aliphatic carbocycles. The zero-order valence-corrected chi connectivity index (χ0v) is 9.58. The molecule has 1 aliphatic heterocycles. The van der Waals surface area contributed by atoms with Gasteiger partial charge in [-0.3, -0.25) is 0 Å². The SMILES string of the molecule is CC(C)(CO)CN1CCC(C)(O)CC1. The molecule has 1 aliphatic rings. The second-order valence-electron chi connectivity index (χ2n) is 5.60. The Kier molecular flexibility index (Phi) is 3.56. The molecule has 0 spiro atoms. The Morgan fingerprint density at radius 1 is 1.29 bits per heavy atom. The first kappa shape index (κ1) is 12.0. The van der Waals surface area contributed by atoms with E-state index < -0.39 is 5.60 Å². The Balaban J connectivity index is 2.36. The third kappa shape index (κ3) is 3.56. The van der Waals surface area contributed by atoms with Crippen LogP contribution in [0.1, 0.15) is 33.6 Å². The highest BCUT2D eigenvalue weighted by atomic mass is 16.3. The highest BCUT2D eigenvalue weighted by Gasteiger charge is 2.29. The van der Waals surface area contributed by atoms with Crippen LogP contribution in [-0.2, 0) is 0 Å². The van der Waals surface area contributed by atoms with Crippen molar-refractivity contribution in [2.75, 3.05) is 26.2 Å². The van der Waals surface area contributed by atoms with Crippen LogP contribution in [0, 0.1) is 5.41 Å². The van der Waals surface area contributed by atoms with Crippen molar-refractivity contribution in [3.05, 3.63) is 0 Å². The lowest BCUT2D eigenvalue weighted by Crippen LogP contribution is -2.46. The number of likely N-dealkylation sites (tertiary alicyclic amines) is 1. The summed E-state index contributed by atoms with van der Waals surface area (Å²) < 4.78 is 0. The van der Waals surface area contributed by atoms with Gasteiger partial charge in [-0.2, -0.15) is 0 Å². The lowest BCUT2D eigenvalue weighted by atomic mass is 9.89. The summed E-state index contributed by atoms with van der Waals surface area (Å²) in [4.78, 5) is 2.33. The normalized spacial score (nSPS) is 23.8. The monoisotopic (exact) mass is 201 g/mol. The first-order chi connectivity index (χ1) is 6.35. The zero-order chi connectivity index (χ0) is 10.8. The molecule has 2 N–H and O–H groups in total. The standard InChI is InChI=1S/C11H23NO2/c1-10(2,9-13)8-12-6-4-11(3,14)5-7-12/h13-14H,4-9H2,1-3H3. The van der Waals surface area contributed by atoms with Crippen LogP contribution in [0.5, 0.6) is 0 Å². The van der Waals surface area contributed by atoms with Crippen molar-refractivity contribution >= 4 is 0 Å². The van der Waals surface area contributed by atoms with Gasteiger partial charge in [-0.05, 0) is 19.8 Å². The molecule has 0 saturated carbocycles. The van der Waals surface area contributed by atoms with Crippen molar-refractivity contribution in [2.24, 2.45) is 5.41 Å². The molecule has 0 aromatic heterocycles. The largest absolute Gasteiger partial charge is 0.396 e. The second kappa shape index (κ2) is 4.17. The van der Waals surface area contributed by atoms with Gasteiger partial charge in [0.1, 0.15) is 0 Å². The summed E-state index contributed by atoms with van der Waals surface area (Å²) in [6.07, 6.45) is 1.68. The number of nitrogens with zero attached hydrogens (tertiary/aromatic N) is 1. The molecule has 84 valence electrons. The molecule has 3 nitrogen and oxygen atoms in total. The lowest BCUT2D eigenvalue weighted by molar-refractivity contribution is -0.0178. The van der Waals surface area contributed by atoms with Gasteiger partial charge < -0.3 is 15.1 Å². The molecule has 0 amide bonds. The van der Waals surface area contributed by atoms with Crippen molar-refractivity contribution in [3.63, 3.8) is 0 Å². The average molecular weight is 201 g/mol. The van der Waals surface area contributed by atoms with E-state index in [1.54, 1.807) is 0 Å². The van der Waals surface area contributed by atoms with Crippen molar-refractivity contribution < 1.29 is 10.2 Å². The predicted octanol–water partition coefficient (Wildman–Crippen LogP) is 0.852. The molecule has 1 rings (SSSR count). The van der Waals surface area contributed by atoms with E-state index in [0.29, 0.717) is 0 Å². The quantitative estimate of drug-likeness (QED) is 0.711. The third-order valence-electron chi connectivity index (χ3n) is 3.01. The molecule has 0 atom stereocenters. The van der Waals surface area contributed by atoms with Crippen LogP contribution in [0.15, 0.2) is 0 Å². The minimum Gasteiger partial charge on any atom is -0.396 e. The number of hydrogen-bond acceptors (Lipinski definition) is 3. The molecule has 0 bridgehead atoms. The van der Waals surface area contributed by atoms with Crippen LogP contribution in [0.3, 0.4) is 0 Å². The van der Waals surface area contributed by atoms with Gasteiger partial charge in [0.25, 0.3) is 0 Å². The fourth-order valence-corrected chi connectivity index (χ4v) is 1.85. The summed E-state index contributed by atoms with van der Waals surface area (Å²) in [5.41, 5.74) is -0.497. The Morgan fingerprint density at radius 2 is 1.79 bits per heavy atom. The van der Waals surface area contributed by atoms with E-state index in [1.165, 1.54) is 0 Å². The highest BCUT2D eigenvalue weighted by molar-refractivity contribution is 4.84. The smallest absolute Gasteiger partial charge is 0.0644 e. The maximum Gasteiger partial charge on any atom is 0.0644 e. The number of rotatable bonds is 3. The molecule has 0 radical (unpaired) electrons.